The van der Waals surface area contributed by atoms with Gasteiger partial charge in [0, 0.05) is 24.0 Å². The molecule has 0 heterocycles. The molecule has 0 spiro atoms. The van der Waals surface area contributed by atoms with Crippen molar-refractivity contribution >= 4 is 11.4 Å². The SMILES string of the molecule is CC(C)N(CCC#N)c1ccc(N)cc1C(F)(F)F. The second kappa shape index (κ2) is 5.83. The van der Waals surface area contributed by atoms with E-state index >= 15 is 0 Å². The molecule has 0 aliphatic carbocycles. The lowest BCUT2D eigenvalue weighted by molar-refractivity contribution is -0.137. The van der Waals surface area contributed by atoms with Gasteiger partial charge < -0.3 is 10.6 Å². The van der Waals surface area contributed by atoms with Gasteiger partial charge in [0.05, 0.1) is 18.1 Å². The van der Waals surface area contributed by atoms with Gasteiger partial charge >= 0.3 is 6.18 Å². The van der Waals surface area contributed by atoms with Crippen LogP contribution in [0, 0.1) is 11.3 Å². The standard InChI is InChI=1S/C13H16F3N3/c1-9(2)19(7-3-6-17)12-5-4-10(18)8-11(12)13(14,15)16/h4-5,8-9H,3,7,18H2,1-2H3. The Bertz CT molecular complexity index is 475. The molecular formula is C13H16F3N3. The molecule has 19 heavy (non-hydrogen) atoms. The minimum Gasteiger partial charge on any atom is -0.399 e. The number of halogens is 3. The Kier molecular flexibility index (Phi) is 4.65. The van der Waals surface area contributed by atoms with Crippen LogP contribution in [0.2, 0.25) is 0 Å². The molecule has 0 bridgehead atoms. The molecule has 0 amide bonds. The van der Waals surface area contributed by atoms with E-state index in [0.717, 1.165) is 6.07 Å². The second-order valence-electron chi connectivity index (χ2n) is 4.47. The van der Waals surface area contributed by atoms with Crippen LogP contribution in [-0.4, -0.2) is 12.6 Å². The van der Waals surface area contributed by atoms with E-state index in [1.807, 2.05) is 6.07 Å². The lowest BCUT2D eigenvalue weighted by Crippen LogP contribution is -2.33. The van der Waals surface area contributed by atoms with E-state index < -0.39 is 11.7 Å². The number of rotatable bonds is 4. The Morgan fingerprint density at radius 3 is 2.47 bits per heavy atom. The first-order valence-corrected chi connectivity index (χ1v) is 5.87. The summed E-state index contributed by atoms with van der Waals surface area (Å²) in [6.45, 7) is 3.82. The highest BCUT2D eigenvalue weighted by atomic mass is 19.4. The van der Waals surface area contributed by atoms with Crippen molar-refractivity contribution in [2.24, 2.45) is 0 Å². The molecule has 0 fully saturated rings. The van der Waals surface area contributed by atoms with Gasteiger partial charge in [0.1, 0.15) is 0 Å². The maximum absolute atomic E-state index is 13.0. The van der Waals surface area contributed by atoms with E-state index in [2.05, 4.69) is 0 Å². The molecule has 0 unspecified atom stereocenters. The number of nitrogens with two attached hydrogens (primary N) is 1. The number of nitrogens with zero attached hydrogens (tertiary/aromatic N) is 2. The predicted octanol–water partition coefficient (Wildman–Crippen LogP) is 3.42. The van der Waals surface area contributed by atoms with Crippen LogP contribution >= 0.6 is 0 Å². The molecule has 0 saturated carbocycles. The molecule has 0 atom stereocenters. The van der Waals surface area contributed by atoms with Gasteiger partial charge in [-0.1, -0.05) is 0 Å². The molecule has 104 valence electrons. The molecule has 0 aliphatic rings. The smallest absolute Gasteiger partial charge is 0.399 e. The number of benzene rings is 1. The molecule has 0 saturated heterocycles. The van der Waals surface area contributed by atoms with Crippen LogP contribution in [-0.2, 0) is 6.18 Å². The zero-order valence-electron chi connectivity index (χ0n) is 10.8. The summed E-state index contributed by atoms with van der Waals surface area (Å²) < 4.78 is 39.1. The van der Waals surface area contributed by atoms with Crippen molar-refractivity contribution in [3.63, 3.8) is 0 Å². The molecule has 0 aromatic heterocycles. The zero-order valence-corrected chi connectivity index (χ0v) is 10.8. The Morgan fingerprint density at radius 2 is 2.00 bits per heavy atom. The molecule has 6 heteroatoms. The van der Waals surface area contributed by atoms with E-state index in [1.165, 1.54) is 12.1 Å². The summed E-state index contributed by atoms with van der Waals surface area (Å²) in [6, 6.07) is 5.53. The fourth-order valence-electron chi connectivity index (χ4n) is 1.86. The highest BCUT2D eigenvalue weighted by Gasteiger charge is 2.35. The first-order chi connectivity index (χ1) is 8.77. The number of nitrogen functional groups attached to an aromatic ring is 1. The van der Waals surface area contributed by atoms with E-state index in [0.29, 0.717) is 0 Å². The minimum absolute atomic E-state index is 0.0620. The Hall–Kier alpha value is -1.90. The third kappa shape index (κ3) is 3.78. The lowest BCUT2D eigenvalue weighted by Gasteiger charge is -2.30. The average Bonchev–Trinajstić information content (AvgIpc) is 2.29. The maximum Gasteiger partial charge on any atom is 0.418 e. The molecular weight excluding hydrogens is 255 g/mol. The molecule has 1 rings (SSSR count). The van der Waals surface area contributed by atoms with Gasteiger partial charge in [0.2, 0.25) is 0 Å². The van der Waals surface area contributed by atoms with Crippen molar-refractivity contribution < 1.29 is 13.2 Å². The monoisotopic (exact) mass is 271 g/mol. The van der Waals surface area contributed by atoms with Crippen molar-refractivity contribution in [3.05, 3.63) is 23.8 Å². The van der Waals surface area contributed by atoms with E-state index in [1.54, 1.807) is 18.7 Å². The Balaban J connectivity index is 3.26. The lowest BCUT2D eigenvalue weighted by atomic mass is 10.1. The highest BCUT2D eigenvalue weighted by Crippen LogP contribution is 2.38. The fourth-order valence-corrected chi connectivity index (χ4v) is 1.86. The first-order valence-electron chi connectivity index (χ1n) is 5.87. The van der Waals surface area contributed by atoms with E-state index in [4.69, 9.17) is 11.0 Å². The second-order valence-corrected chi connectivity index (χ2v) is 4.47. The number of hydrogen-bond donors (Lipinski definition) is 1. The summed E-state index contributed by atoms with van der Waals surface area (Å²) in [5.74, 6) is 0. The van der Waals surface area contributed by atoms with Gasteiger partial charge in [-0.25, -0.2) is 0 Å². The van der Waals surface area contributed by atoms with Crippen molar-refractivity contribution in [1.82, 2.24) is 0 Å². The van der Waals surface area contributed by atoms with Crippen LogP contribution in [0.3, 0.4) is 0 Å². The van der Waals surface area contributed by atoms with Crippen molar-refractivity contribution in [2.45, 2.75) is 32.5 Å². The van der Waals surface area contributed by atoms with Gasteiger partial charge in [-0.2, -0.15) is 18.4 Å². The summed E-state index contributed by atoms with van der Waals surface area (Å²) in [5.41, 5.74) is 4.80. The largest absolute Gasteiger partial charge is 0.418 e. The molecule has 1 aromatic carbocycles. The number of anilines is 2. The zero-order chi connectivity index (χ0) is 14.6. The summed E-state index contributed by atoms with van der Waals surface area (Å²) in [5, 5.41) is 8.60. The predicted molar refractivity (Wildman–Crippen MR) is 68.6 cm³/mol. The van der Waals surface area contributed by atoms with Gasteiger partial charge in [-0.3, -0.25) is 0 Å². The van der Waals surface area contributed by atoms with Crippen LogP contribution < -0.4 is 10.6 Å². The third-order valence-electron chi connectivity index (χ3n) is 2.72. The number of hydrogen-bond acceptors (Lipinski definition) is 3. The molecule has 0 radical (unpaired) electrons. The molecule has 3 nitrogen and oxygen atoms in total. The minimum atomic E-state index is -4.47. The first kappa shape index (κ1) is 15.2. The summed E-state index contributed by atoms with van der Waals surface area (Å²) in [4.78, 5) is 1.56. The molecule has 1 aromatic rings. The normalized spacial score (nSPS) is 11.4. The summed E-state index contributed by atoms with van der Waals surface area (Å²) in [7, 11) is 0. The van der Waals surface area contributed by atoms with Crippen LogP contribution in [0.4, 0.5) is 24.5 Å². The quantitative estimate of drug-likeness (QED) is 0.854. The third-order valence-corrected chi connectivity index (χ3v) is 2.72. The van der Waals surface area contributed by atoms with E-state index in [-0.39, 0.29) is 30.4 Å². The van der Waals surface area contributed by atoms with Gasteiger partial charge in [0.15, 0.2) is 0 Å². The molecule has 2 N–H and O–H groups in total. The highest BCUT2D eigenvalue weighted by molar-refractivity contribution is 5.61. The maximum atomic E-state index is 13.0. The van der Waals surface area contributed by atoms with Crippen molar-refractivity contribution in [3.8, 4) is 6.07 Å². The van der Waals surface area contributed by atoms with E-state index in [9.17, 15) is 13.2 Å². The van der Waals surface area contributed by atoms with Gasteiger partial charge in [-0.15, -0.1) is 0 Å². The van der Waals surface area contributed by atoms with Gasteiger partial charge in [0.25, 0.3) is 0 Å². The summed E-state index contributed by atoms with van der Waals surface area (Å²) in [6.07, 6.45) is -4.30. The Morgan fingerprint density at radius 1 is 1.37 bits per heavy atom. The van der Waals surface area contributed by atoms with Crippen LogP contribution in [0.5, 0.6) is 0 Å². The van der Waals surface area contributed by atoms with Gasteiger partial charge in [-0.05, 0) is 32.0 Å². The van der Waals surface area contributed by atoms with Crippen LogP contribution in [0.15, 0.2) is 18.2 Å². The van der Waals surface area contributed by atoms with Crippen molar-refractivity contribution in [1.29, 1.82) is 5.26 Å². The number of alkyl halides is 3. The van der Waals surface area contributed by atoms with Crippen LogP contribution in [0.1, 0.15) is 25.8 Å². The topological polar surface area (TPSA) is 53.0 Å². The van der Waals surface area contributed by atoms with Crippen LogP contribution in [0.25, 0.3) is 0 Å². The number of nitriles is 1. The van der Waals surface area contributed by atoms with Crippen molar-refractivity contribution in [2.75, 3.05) is 17.2 Å². The Labute approximate surface area is 110 Å². The fraction of sp³-hybridized carbons (Fsp3) is 0.462. The summed E-state index contributed by atoms with van der Waals surface area (Å²) >= 11 is 0. The molecule has 0 aliphatic heterocycles. The average molecular weight is 271 g/mol.